The Bertz CT molecular complexity index is 1020. The number of halogens is 1. The maximum atomic E-state index is 6.12. The third-order valence-corrected chi connectivity index (χ3v) is 4.16. The number of rotatable bonds is 3. The molecule has 3 N–H and O–H groups in total. The molecule has 0 atom stereocenters. The van der Waals surface area contributed by atoms with E-state index in [-0.39, 0.29) is 0 Å². The van der Waals surface area contributed by atoms with Crippen molar-refractivity contribution < 1.29 is 0 Å². The van der Waals surface area contributed by atoms with Gasteiger partial charge in [-0.15, -0.1) is 0 Å². The molecule has 6 heteroatoms. The van der Waals surface area contributed by atoms with E-state index in [2.05, 4.69) is 40.8 Å². The van der Waals surface area contributed by atoms with Crippen molar-refractivity contribution in [1.82, 2.24) is 14.6 Å². The van der Waals surface area contributed by atoms with Gasteiger partial charge in [0.2, 0.25) is 5.95 Å². The van der Waals surface area contributed by atoms with Crippen LogP contribution >= 0.6 is 11.6 Å². The van der Waals surface area contributed by atoms with E-state index in [1.165, 1.54) is 5.56 Å². The molecule has 0 fully saturated rings. The van der Waals surface area contributed by atoms with Gasteiger partial charge in [0.15, 0.2) is 0 Å². The number of benzene rings is 2. The molecule has 0 aliphatic rings. The highest BCUT2D eigenvalue weighted by Gasteiger charge is 2.12. The Morgan fingerprint density at radius 3 is 2.68 bits per heavy atom. The molecule has 0 saturated carbocycles. The van der Waals surface area contributed by atoms with E-state index >= 15 is 0 Å². The molecular formula is C19H22ClN5. The Morgan fingerprint density at radius 1 is 1.12 bits per heavy atom. The number of H-pyrrole nitrogens is 1. The van der Waals surface area contributed by atoms with Crippen LogP contribution in [0.15, 0.2) is 42.6 Å². The molecule has 130 valence electrons. The number of nitrogens with zero attached hydrogens (tertiary/aromatic N) is 2. The van der Waals surface area contributed by atoms with Crippen molar-refractivity contribution in [1.29, 1.82) is 0 Å². The van der Waals surface area contributed by atoms with Crippen LogP contribution in [0.1, 0.15) is 19.4 Å². The van der Waals surface area contributed by atoms with Crippen LogP contribution in [0.4, 0.5) is 11.6 Å². The number of anilines is 2. The lowest BCUT2D eigenvalue weighted by Gasteiger charge is -2.09. The monoisotopic (exact) mass is 355 g/mol. The first-order valence-corrected chi connectivity index (χ1v) is 8.74. The van der Waals surface area contributed by atoms with E-state index in [0.717, 1.165) is 33.6 Å². The zero-order chi connectivity index (χ0) is 18.0. The Balaban J connectivity index is 0.000000880. The third-order valence-electron chi connectivity index (χ3n) is 3.92. The largest absolute Gasteiger partial charge is 0.359 e. The first-order valence-electron chi connectivity index (χ1n) is 8.36. The number of hydrogen-bond donors (Lipinski definition) is 3. The summed E-state index contributed by atoms with van der Waals surface area (Å²) in [5, 5.41) is 5.12. The smallest absolute Gasteiger partial charge is 0.227 e. The summed E-state index contributed by atoms with van der Waals surface area (Å²) in [6.07, 6.45) is 1.92. The molecule has 5 nitrogen and oxygen atoms in total. The Labute approximate surface area is 152 Å². The van der Waals surface area contributed by atoms with E-state index in [9.17, 15) is 0 Å². The number of fused-ring (bicyclic) bond motifs is 2. The van der Waals surface area contributed by atoms with Crippen molar-refractivity contribution in [2.45, 2.75) is 20.8 Å². The number of imidazole rings is 1. The normalized spacial score (nSPS) is 10.6. The van der Waals surface area contributed by atoms with E-state index in [1.54, 1.807) is 0 Å². The maximum Gasteiger partial charge on any atom is 0.227 e. The van der Waals surface area contributed by atoms with E-state index in [4.69, 9.17) is 16.6 Å². The van der Waals surface area contributed by atoms with Gasteiger partial charge in [-0.3, -0.25) is 0 Å². The Morgan fingerprint density at radius 2 is 1.92 bits per heavy atom. The predicted octanol–water partition coefficient (Wildman–Crippen LogP) is 5.42. The molecule has 0 bridgehead atoms. The van der Waals surface area contributed by atoms with Crippen molar-refractivity contribution in [3.63, 3.8) is 0 Å². The van der Waals surface area contributed by atoms with Gasteiger partial charge in [-0.05, 0) is 42.8 Å². The molecule has 25 heavy (non-hydrogen) atoms. The molecule has 2 aromatic heterocycles. The molecule has 2 heterocycles. The number of nitrogens with one attached hydrogen (secondary N) is 3. The summed E-state index contributed by atoms with van der Waals surface area (Å²) in [6.45, 7) is 6.06. The van der Waals surface area contributed by atoms with Gasteiger partial charge in [-0.1, -0.05) is 31.5 Å². The highest BCUT2D eigenvalue weighted by Crippen LogP contribution is 2.29. The molecule has 0 radical (unpaired) electrons. The van der Waals surface area contributed by atoms with Gasteiger partial charge in [-0.25, -0.2) is 9.66 Å². The van der Waals surface area contributed by atoms with Crippen LogP contribution in [-0.2, 0) is 0 Å². The highest BCUT2D eigenvalue weighted by molar-refractivity contribution is 6.31. The summed E-state index contributed by atoms with van der Waals surface area (Å²) in [7, 11) is 1.87. The number of hydrogen-bond acceptors (Lipinski definition) is 3. The molecule has 0 unspecified atom stereocenters. The van der Waals surface area contributed by atoms with Crippen molar-refractivity contribution in [2.75, 3.05) is 17.8 Å². The van der Waals surface area contributed by atoms with Gasteiger partial charge in [0.25, 0.3) is 0 Å². The second-order valence-corrected chi connectivity index (χ2v) is 5.94. The second kappa shape index (κ2) is 7.07. The Kier molecular flexibility index (Phi) is 4.86. The van der Waals surface area contributed by atoms with E-state index in [1.807, 2.05) is 50.0 Å². The van der Waals surface area contributed by atoms with Crippen molar-refractivity contribution >= 4 is 45.2 Å². The molecule has 0 aliphatic heterocycles. The van der Waals surface area contributed by atoms with Gasteiger partial charge in [0, 0.05) is 29.2 Å². The molecule has 0 spiro atoms. The minimum atomic E-state index is 0.706. The minimum absolute atomic E-state index is 0.706. The Hall–Kier alpha value is -2.66. The van der Waals surface area contributed by atoms with Crippen LogP contribution in [-0.4, -0.2) is 21.7 Å². The summed E-state index contributed by atoms with van der Waals surface area (Å²) in [6, 6.07) is 12.0. The lowest BCUT2D eigenvalue weighted by Crippen LogP contribution is -2.11. The SMILES string of the molecule is CC.CNn1c(Nc2c[nH]c3ccc(Cl)cc23)nc2cc(C)ccc21. The summed E-state index contributed by atoms with van der Waals surface area (Å²) in [4.78, 5) is 7.93. The zero-order valence-corrected chi connectivity index (χ0v) is 15.6. The number of aryl methyl sites for hydroxylation is 1. The zero-order valence-electron chi connectivity index (χ0n) is 14.8. The van der Waals surface area contributed by atoms with Crippen LogP contribution in [0.2, 0.25) is 5.02 Å². The lowest BCUT2D eigenvalue weighted by molar-refractivity contribution is 0.966. The average molecular weight is 356 g/mol. The summed E-state index contributed by atoms with van der Waals surface area (Å²) < 4.78 is 1.93. The van der Waals surface area contributed by atoms with E-state index < -0.39 is 0 Å². The van der Waals surface area contributed by atoms with Crippen LogP contribution < -0.4 is 10.7 Å². The minimum Gasteiger partial charge on any atom is -0.359 e. The topological polar surface area (TPSA) is 57.7 Å². The van der Waals surface area contributed by atoms with Gasteiger partial charge >= 0.3 is 0 Å². The first-order chi connectivity index (χ1) is 12.2. The van der Waals surface area contributed by atoms with Gasteiger partial charge in [0.05, 0.1) is 16.7 Å². The van der Waals surface area contributed by atoms with Crippen molar-refractivity contribution in [3.8, 4) is 0 Å². The van der Waals surface area contributed by atoms with Crippen LogP contribution in [0.25, 0.3) is 21.9 Å². The van der Waals surface area contributed by atoms with Gasteiger partial charge in [0.1, 0.15) is 0 Å². The molecule has 0 amide bonds. The molecular weight excluding hydrogens is 334 g/mol. The molecule has 2 aromatic carbocycles. The average Bonchev–Trinajstić information content (AvgIpc) is 3.17. The predicted molar refractivity (Wildman–Crippen MR) is 108 cm³/mol. The van der Waals surface area contributed by atoms with Crippen LogP contribution in [0.5, 0.6) is 0 Å². The second-order valence-electron chi connectivity index (χ2n) is 5.50. The fourth-order valence-electron chi connectivity index (χ4n) is 2.82. The third kappa shape index (κ3) is 3.15. The van der Waals surface area contributed by atoms with Crippen molar-refractivity contribution in [3.05, 3.63) is 53.2 Å². The number of aromatic nitrogens is 3. The summed E-state index contributed by atoms with van der Waals surface area (Å²) in [5.41, 5.74) is 8.28. The maximum absolute atomic E-state index is 6.12. The highest BCUT2D eigenvalue weighted by atomic mass is 35.5. The fraction of sp³-hybridized carbons (Fsp3) is 0.211. The summed E-state index contributed by atoms with van der Waals surface area (Å²) in [5.74, 6) is 0.731. The van der Waals surface area contributed by atoms with Crippen molar-refractivity contribution in [2.24, 2.45) is 0 Å². The molecule has 0 aliphatic carbocycles. The number of aromatic amines is 1. The lowest BCUT2D eigenvalue weighted by atomic mass is 10.2. The van der Waals surface area contributed by atoms with E-state index in [0.29, 0.717) is 5.02 Å². The molecule has 4 aromatic rings. The van der Waals surface area contributed by atoms with Crippen LogP contribution in [0, 0.1) is 6.92 Å². The first kappa shape index (κ1) is 17.2. The fourth-order valence-corrected chi connectivity index (χ4v) is 2.99. The van der Waals surface area contributed by atoms with Crippen LogP contribution in [0.3, 0.4) is 0 Å². The molecule has 0 saturated heterocycles. The molecule has 4 rings (SSSR count). The van der Waals surface area contributed by atoms with Gasteiger partial charge in [-0.2, -0.15) is 0 Å². The quantitative estimate of drug-likeness (QED) is 0.459. The van der Waals surface area contributed by atoms with Gasteiger partial charge < -0.3 is 15.7 Å². The standard InChI is InChI=1S/C17H16ClN5.C2H6/c1-10-3-6-16-14(7-10)21-17(23(16)19-2)22-15-9-20-13-5-4-11(18)8-12(13)15;1-2/h3-9,19-20H,1-2H3,(H,21,22);1-2H3. The summed E-state index contributed by atoms with van der Waals surface area (Å²) >= 11 is 6.12.